The van der Waals surface area contributed by atoms with E-state index in [0.29, 0.717) is 36.2 Å². The van der Waals surface area contributed by atoms with Crippen LogP contribution in [0, 0.1) is 46.3 Å². The Labute approximate surface area is 287 Å². The zero-order valence-electron chi connectivity index (χ0n) is 29.5. The molecular formula is C44H60N2O. The summed E-state index contributed by atoms with van der Waals surface area (Å²) in [6.45, 7) is 5.76. The van der Waals surface area contributed by atoms with E-state index in [1.165, 1.54) is 138 Å². The van der Waals surface area contributed by atoms with Gasteiger partial charge >= 0.3 is 0 Å². The lowest BCUT2D eigenvalue weighted by Crippen LogP contribution is -2.17. The number of hydrogen-bond donors (Lipinski definition) is 0. The molecule has 2 aliphatic carbocycles. The zero-order valence-corrected chi connectivity index (χ0v) is 29.5. The van der Waals surface area contributed by atoms with Crippen molar-refractivity contribution in [2.24, 2.45) is 23.7 Å². The number of benzene rings is 2. The molecule has 3 nitrogen and oxygen atoms in total. The number of nitriles is 2. The van der Waals surface area contributed by atoms with Gasteiger partial charge in [-0.25, -0.2) is 0 Å². The summed E-state index contributed by atoms with van der Waals surface area (Å²) < 4.78 is 6.35. The van der Waals surface area contributed by atoms with Gasteiger partial charge in [-0.3, -0.25) is 0 Å². The molecule has 2 fully saturated rings. The molecule has 47 heavy (non-hydrogen) atoms. The summed E-state index contributed by atoms with van der Waals surface area (Å²) in [4.78, 5) is 0. The van der Waals surface area contributed by atoms with E-state index < -0.39 is 0 Å². The molecule has 252 valence electrons. The van der Waals surface area contributed by atoms with Crippen LogP contribution in [0.5, 0.6) is 0 Å². The smallest absolute Gasteiger partial charge is 0.0991 e. The normalized spacial score (nSPS) is 22.0. The van der Waals surface area contributed by atoms with Gasteiger partial charge in [0.2, 0.25) is 0 Å². The average molecular weight is 633 g/mol. The maximum atomic E-state index is 9.36. The molecule has 0 saturated heterocycles. The highest BCUT2D eigenvalue weighted by molar-refractivity contribution is 5.69. The van der Waals surface area contributed by atoms with Crippen LogP contribution in [0.1, 0.15) is 152 Å². The van der Waals surface area contributed by atoms with E-state index in [1.54, 1.807) is 0 Å². The molecule has 2 aromatic carbocycles. The van der Waals surface area contributed by atoms with Gasteiger partial charge in [0.05, 0.1) is 36.5 Å². The fourth-order valence-corrected chi connectivity index (χ4v) is 8.12. The molecule has 0 unspecified atom stereocenters. The van der Waals surface area contributed by atoms with Crippen molar-refractivity contribution in [1.29, 1.82) is 10.5 Å². The van der Waals surface area contributed by atoms with E-state index in [-0.39, 0.29) is 0 Å². The van der Waals surface area contributed by atoms with Crippen molar-refractivity contribution in [3.8, 4) is 12.1 Å². The van der Waals surface area contributed by atoms with Crippen LogP contribution < -0.4 is 0 Å². The van der Waals surface area contributed by atoms with E-state index in [4.69, 9.17) is 4.74 Å². The third-order valence-electron chi connectivity index (χ3n) is 11.0. The Balaban J connectivity index is 1.39. The Morgan fingerprint density at radius 1 is 0.574 bits per heavy atom. The topological polar surface area (TPSA) is 56.8 Å². The van der Waals surface area contributed by atoms with Crippen molar-refractivity contribution in [3.63, 3.8) is 0 Å². The monoisotopic (exact) mass is 632 g/mol. The van der Waals surface area contributed by atoms with Crippen LogP contribution in [0.25, 0.3) is 11.1 Å². The minimum absolute atomic E-state index is 0.556. The minimum atomic E-state index is 0.556. The number of hydrogen-bond acceptors (Lipinski definition) is 3. The second kappa shape index (κ2) is 21.0. The molecule has 0 spiro atoms. The summed E-state index contributed by atoms with van der Waals surface area (Å²) in [5.74, 6) is 2.87. The summed E-state index contributed by atoms with van der Waals surface area (Å²) in [6, 6.07) is 20.9. The van der Waals surface area contributed by atoms with Crippen LogP contribution in [0.3, 0.4) is 0 Å². The maximum Gasteiger partial charge on any atom is 0.0991 e. The predicted molar refractivity (Wildman–Crippen MR) is 198 cm³/mol. The van der Waals surface area contributed by atoms with Gasteiger partial charge in [0.1, 0.15) is 0 Å². The van der Waals surface area contributed by atoms with Crippen molar-refractivity contribution < 1.29 is 4.74 Å². The molecule has 0 aromatic heterocycles. The van der Waals surface area contributed by atoms with Crippen molar-refractivity contribution in [1.82, 2.24) is 0 Å². The van der Waals surface area contributed by atoms with Crippen molar-refractivity contribution in [2.75, 3.05) is 13.2 Å². The molecule has 2 aromatic rings. The summed E-state index contributed by atoms with van der Waals surface area (Å²) >= 11 is 0. The highest BCUT2D eigenvalue weighted by Crippen LogP contribution is 2.41. The molecule has 0 heterocycles. The van der Waals surface area contributed by atoms with E-state index in [0.717, 1.165) is 11.8 Å². The number of rotatable bonds is 18. The largest absolute Gasteiger partial charge is 0.373 e. The lowest BCUT2D eigenvalue weighted by molar-refractivity contribution is 0.193. The second-order valence-corrected chi connectivity index (χ2v) is 14.4. The first-order chi connectivity index (χ1) is 23.1. The number of nitrogens with zero attached hydrogens (tertiary/aromatic N) is 2. The third-order valence-corrected chi connectivity index (χ3v) is 11.0. The molecule has 2 aliphatic rings. The van der Waals surface area contributed by atoms with E-state index >= 15 is 0 Å². The van der Waals surface area contributed by atoms with E-state index in [9.17, 15) is 10.5 Å². The summed E-state index contributed by atoms with van der Waals surface area (Å²) in [7, 11) is 0. The molecule has 0 aliphatic heterocycles. The Kier molecular flexibility index (Phi) is 16.4. The first kappa shape index (κ1) is 36.7. The molecule has 0 radical (unpaired) electrons. The third kappa shape index (κ3) is 12.1. The molecule has 3 heteroatoms. The predicted octanol–water partition coefficient (Wildman–Crippen LogP) is 12.5. The van der Waals surface area contributed by atoms with Crippen molar-refractivity contribution in [2.45, 2.75) is 129 Å². The molecule has 0 N–H and O–H groups in total. The standard InChI is InChI=1S/C44H60N2O/c1-3-5-7-9-11-35-13-21-39(22-14-35)43(41-25-17-37(33-45)18-26-41)29-31-47-32-30-44(42-27-19-38(34-46)20-28-42)40-23-15-36(16-24-40)12-10-8-6-4-2/h17-20,25-30,35-36,39-40H,3-16,21-24,31-32H2,1-2H3/t35-,36-,39-,40-. The van der Waals surface area contributed by atoms with Gasteiger partial charge in [0, 0.05) is 0 Å². The first-order valence-electron chi connectivity index (χ1n) is 19.1. The highest BCUT2D eigenvalue weighted by Gasteiger charge is 2.26. The molecule has 0 bridgehead atoms. The van der Waals surface area contributed by atoms with Crippen molar-refractivity contribution in [3.05, 3.63) is 82.9 Å². The quantitative estimate of drug-likeness (QED) is 0.154. The van der Waals surface area contributed by atoms with Crippen LogP contribution in [0.15, 0.2) is 60.7 Å². The van der Waals surface area contributed by atoms with Gasteiger partial charge in [0.15, 0.2) is 0 Å². The number of unbranched alkanes of at least 4 members (excludes halogenated alkanes) is 6. The molecule has 4 rings (SSSR count). The van der Waals surface area contributed by atoms with E-state index in [1.807, 2.05) is 24.3 Å². The Morgan fingerprint density at radius 2 is 0.957 bits per heavy atom. The van der Waals surface area contributed by atoms with Gasteiger partial charge in [0.25, 0.3) is 0 Å². The summed E-state index contributed by atoms with van der Waals surface area (Å²) in [5, 5.41) is 18.7. The first-order valence-corrected chi connectivity index (χ1v) is 19.1. The van der Waals surface area contributed by atoms with Gasteiger partial charge in [-0.05, 0) is 122 Å². The summed E-state index contributed by atoms with van der Waals surface area (Å²) in [6.07, 6.45) is 28.6. The minimum Gasteiger partial charge on any atom is -0.373 e. The van der Waals surface area contributed by atoms with Crippen LogP contribution in [-0.2, 0) is 4.74 Å². The van der Waals surface area contributed by atoms with Crippen LogP contribution in [-0.4, -0.2) is 13.2 Å². The SMILES string of the molecule is CCCCCC[C@H]1CC[C@H](C(=CCOCC=C(c2ccc(C#N)cc2)[C@H]2CC[C@H](CCCCCC)CC2)c2ccc(C#N)cc2)CC1. The van der Waals surface area contributed by atoms with Crippen LogP contribution in [0.2, 0.25) is 0 Å². The fourth-order valence-electron chi connectivity index (χ4n) is 8.12. The lowest BCUT2D eigenvalue weighted by Gasteiger charge is -2.31. The van der Waals surface area contributed by atoms with Crippen molar-refractivity contribution >= 4 is 11.1 Å². The molecular weight excluding hydrogens is 572 g/mol. The van der Waals surface area contributed by atoms with Gasteiger partial charge in [-0.1, -0.05) is 114 Å². The lowest BCUT2D eigenvalue weighted by atomic mass is 9.75. The molecule has 0 atom stereocenters. The highest BCUT2D eigenvalue weighted by atomic mass is 16.5. The van der Waals surface area contributed by atoms with Gasteiger partial charge < -0.3 is 4.74 Å². The number of allylic oxidation sites excluding steroid dienone is 2. The molecule has 0 amide bonds. The Bertz CT molecular complexity index is 1200. The fraction of sp³-hybridized carbons (Fsp3) is 0.591. The zero-order chi connectivity index (χ0) is 33.1. The Morgan fingerprint density at radius 3 is 1.30 bits per heavy atom. The van der Waals surface area contributed by atoms with E-state index in [2.05, 4.69) is 62.4 Å². The Hall–Kier alpha value is -3.14. The summed E-state index contributed by atoms with van der Waals surface area (Å²) in [5.41, 5.74) is 6.69. The van der Waals surface area contributed by atoms with Gasteiger partial charge in [-0.2, -0.15) is 10.5 Å². The average Bonchev–Trinajstić information content (AvgIpc) is 3.13. The van der Waals surface area contributed by atoms with Gasteiger partial charge in [-0.15, -0.1) is 0 Å². The van der Waals surface area contributed by atoms with Crippen LogP contribution >= 0.6 is 0 Å². The van der Waals surface area contributed by atoms with Crippen LogP contribution in [0.4, 0.5) is 0 Å². The second-order valence-electron chi connectivity index (χ2n) is 14.4. The molecule has 2 saturated carbocycles. The number of ether oxygens (including phenoxy) is 1. The maximum absolute atomic E-state index is 9.36.